The highest BCUT2D eigenvalue weighted by Crippen LogP contribution is 2.20. The molecule has 1 saturated heterocycles. The van der Waals surface area contributed by atoms with Gasteiger partial charge in [-0.25, -0.2) is 9.82 Å². The standard InChI is InChI=1S/C25H24FN3O2/c26-22-5-3-4-20(16-22)18-31-24-12-6-19(7-13-24)17-27-28-25(30)21-8-10-23(11-9-21)29-14-1-2-15-29/h3-13,16-17H,1-2,14-15,18H2,(H,28,30)/b27-17-. The third-order valence-corrected chi connectivity index (χ3v) is 5.16. The Kier molecular flexibility index (Phi) is 6.57. The highest BCUT2D eigenvalue weighted by atomic mass is 19.1. The second-order valence-electron chi connectivity index (χ2n) is 7.43. The van der Waals surface area contributed by atoms with Crippen LogP contribution in [0, 0.1) is 5.82 Å². The van der Waals surface area contributed by atoms with Crippen molar-refractivity contribution >= 4 is 17.8 Å². The fourth-order valence-electron chi connectivity index (χ4n) is 3.47. The largest absolute Gasteiger partial charge is 0.489 e. The van der Waals surface area contributed by atoms with Crippen LogP contribution in [0.5, 0.6) is 5.75 Å². The van der Waals surface area contributed by atoms with Gasteiger partial charge in [0.25, 0.3) is 5.91 Å². The van der Waals surface area contributed by atoms with Gasteiger partial charge in [0.05, 0.1) is 6.21 Å². The average Bonchev–Trinajstić information content (AvgIpc) is 3.34. The smallest absolute Gasteiger partial charge is 0.271 e. The van der Waals surface area contributed by atoms with Crippen LogP contribution in [0.1, 0.15) is 34.3 Å². The van der Waals surface area contributed by atoms with Crippen molar-refractivity contribution in [3.05, 3.63) is 95.3 Å². The predicted molar refractivity (Wildman–Crippen MR) is 120 cm³/mol. The van der Waals surface area contributed by atoms with Crippen LogP contribution in [0.3, 0.4) is 0 Å². The zero-order chi connectivity index (χ0) is 21.5. The number of carbonyl (C=O) groups excluding carboxylic acids is 1. The molecule has 1 heterocycles. The Balaban J connectivity index is 1.27. The second kappa shape index (κ2) is 9.89. The highest BCUT2D eigenvalue weighted by molar-refractivity contribution is 5.95. The summed E-state index contributed by atoms with van der Waals surface area (Å²) in [6.45, 7) is 2.44. The van der Waals surface area contributed by atoms with E-state index in [0.29, 0.717) is 11.3 Å². The van der Waals surface area contributed by atoms with E-state index < -0.39 is 0 Å². The van der Waals surface area contributed by atoms with E-state index in [-0.39, 0.29) is 18.3 Å². The van der Waals surface area contributed by atoms with Crippen LogP contribution in [-0.2, 0) is 6.61 Å². The zero-order valence-corrected chi connectivity index (χ0v) is 17.1. The van der Waals surface area contributed by atoms with Crippen LogP contribution in [-0.4, -0.2) is 25.2 Å². The van der Waals surface area contributed by atoms with E-state index in [2.05, 4.69) is 15.4 Å². The Morgan fingerprint density at radius 1 is 1.03 bits per heavy atom. The molecule has 0 atom stereocenters. The Bertz CT molecular complexity index is 1040. The highest BCUT2D eigenvalue weighted by Gasteiger charge is 2.12. The molecule has 158 valence electrons. The molecule has 5 nitrogen and oxygen atoms in total. The summed E-state index contributed by atoms with van der Waals surface area (Å²) in [5.74, 6) is 0.139. The summed E-state index contributed by atoms with van der Waals surface area (Å²) in [7, 11) is 0. The number of benzene rings is 3. The summed E-state index contributed by atoms with van der Waals surface area (Å²) in [6.07, 6.45) is 4.01. The molecule has 6 heteroatoms. The fourth-order valence-corrected chi connectivity index (χ4v) is 3.47. The maximum Gasteiger partial charge on any atom is 0.271 e. The number of hydrazone groups is 1. The predicted octanol–water partition coefficient (Wildman–Crippen LogP) is 4.77. The molecule has 0 saturated carbocycles. The third kappa shape index (κ3) is 5.69. The minimum absolute atomic E-state index is 0.251. The number of carbonyl (C=O) groups is 1. The topological polar surface area (TPSA) is 53.9 Å². The van der Waals surface area contributed by atoms with Crippen molar-refractivity contribution in [2.45, 2.75) is 19.4 Å². The van der Waals surface area contributed by atoms with Gasteiger partial charge in [-0.1, -0.05) is 12.1 Å². The molecule has 1 N–H and O–H groups in total. The first-order valence-corrected chi connectivity index (χ1v) is 10.3. The number of rotatable bonds is 7. The van der Waals surface area contributed by atoms with Crippen LogP contribution < -0.4 is 15.1 Å². The van der Waals surface area contributed by atoms with Gasteiger partial charge in [0, 0.05) is 24.3 Å². The van der Waals surface area contributed by atoms with Crippen molar-refractivity contribution in [1.82, 2.24) is 5.43 Å². The van der Waals surface area contributed by atoms with E-state index in [0.717, 1.165) is 29.9 Å². The number of amides is 1. The van der Waals surface area contributed by atoms with E-state index in [1.54, 1.807) is 24.4 Å². The second-order valence-corrected chi connectivity index (χ2v) is 7.43. The lowest BCUT2D eigenvalue weighted by molar-refractivity contribution is 0.0955. The molecule has 3 aromatic rings. The van der Waals surface area contributed by atoms with Crippen molar-refractivity contribution in [2.75, 3.05) is 18.0 Å². The van der Waals surface area contributed by atoms with Gasteiger partial charge in [0.15, 0.2) is 0 Å². The van der Waals surface area contributed by atoms with E-state index in [9.17, 15) is 9.18 Å². The first kappa shape index (κ1) is 20.6. The van der Waals surface area contributed by atoms with Gasteiger partial charge < -0.3 is 9.64 Å². The van der Waals surface area contributed by atoms with Gasteiger partial charge in [-0.05, 0) is 84.6 Å². The van der Waals surface area contributed by atoms with Gasteiger partial charge in [-0.2, -0.15) is 5.10 Å². The van der Waals surface area contributed by atoms with Crippen molar-refractivity contribution in [2.24, 2.45) is 5.10 Å². The molecule has 1 aliphatic heterocycles. The van der Waals surface area contributed by atoms with Gasteiger partial charge in [-0.15, -0.1) is 0 Å². The number of nitrogens with one attached hydrogen (secondary N) is 1. The van der Waals surface area contributed by atoms with Gasteiger partial charge >= 0.3 is 0 Å². The van der Waals surface area contributed by atoms with Crippen LogP contribution in [0.2, 0.25) is 0 Å². The quantitative estimate of drug-likeness (QED) is 0.445. The van der Waals surface area contributed by atoms with Gasteiger partial charge in [0.2, 0.25) is 0 Å². The molecule has 3 aromatic carbocycles. The number of anilines is 1. The summed E-state index contributed by atoms with van der Waals surface area (Å²) in [4.78, 5) is 14.6. The number of nitrogens with zero attached hydrogens (tertiary/aromatic N) is 2. The summed E-state index contributed by atoms with van der Waals surface area (Å²) in [5.41, 5.74) is 5.86. The van der Waals surface area contributed by atoms with Crippen LogP contribution >= 0.6 is 0 Å². The van der Waals surface area contributed by atoms with Crippen LogP contribution in [0.25, 0.3) is 0 Å². The first-order chi connectivity index (χ1) is 15.2. The lowest BCUT2D eigenvalue weighted by Crippen LogP contribution is -2.19. The lowest BCUT2D eigenvalue weighted by atomic mass is 10.2. The molecule has 0 aliphatic carbocycles. The molecule has 4 rings (SSSR count). The molecular formula is C25H24FN3O2. The molecule has 0 spiro atoms. The van der Waals surface area contributed by atoms with Gasteiger partial charge in [-0.3, -0.25) is 4.79 Å². The van der Waals surface area contributed by atoms with E-state index in [4.69, 9.17) is 4.74 Å². The molecule has 1 fully saturated rings. The molecule has 0 unspecified atom stereocenters. The van der Waals surface area contributed by atoms with Crippen LogP contribution in [0.15, 0.2) is 77.9 Å². The number of hydrogen-bond donors (Lipinski definition) is 1. The average molecular weight is 417 g/mol. The Morgan fingerprint density at radius 3 is 2.48 bits per heavy atom. The van der Waals surface area contributed by atoms with Crippen LogP contribution in [0.4, 0.5) is 10.1 Å². The monoisotopic (exact) mass is 417 g/mol. The van der Waals surface area contributed by atoms with Crippen molar-refractivity contribution in [3.63, 3.8) is 0 Å². The summed E-state index contributed by atoms with van der Waals surface area (Å²) in [5, 5.41) is 4.03. The SMILES string of the molecule is O=C(N/N=C\c1ccc(OCc2cccc(F)c2)cc1)c1ccc(N2CCCC2)cc1. The van der Waals surface area contributed by atoms with E-state index in [1.165, 1.54) is 25.0 Å². The summed E-state index contributed by atoms with van der Waals surface area (Å²) >= 11 is 0. The normalized spacial score (nSPS) is 13.5. The summed E-state index contributed by atoms with van der Waals surface area (Å²) in [6, 6.07) is 21.2. The molecule has 1 amide bonds. The number of ether oxygens (including phenoxy) is 1. The Morgan fingerprint density at radius 2 is 1.77 bits per heavy atom. The molecule has 0 bridgehead atoms. The van der Waals surface area contributed by atoms with E-state index in [1.807, 2.05) is 42.5 Å². The van der Waals surface area contributed by atoms with E-state index >= 15 is 0 Å². The fraction of sp³-hybridized carbons (Fsp3) is 0.200. The van der Waals surface area contributed by atoms with Gasteiger partial charge in [0.1, 0.15) is 18.2 Å². The Labute approximate surface area is 181 Å². The molecule has 0 aromatic heterocycles. The third-order valence-electron chi connectivity index (χ3n) is 5.16. The number of halogens is 1. The molecule has 31 heavy (non-hydrogen) atoms. The van der Waals surface area contributed by atoms with Crippen molar-refractivity contribution in [3.8, 4) is 5.75 Å². The molecule has 0 radical (unpaired) electrons. The minimum Gasteiger partial charge on any atom is -0.489 e. The minimum atomic E-state index is -0.280. The van der Waals surface area contributed by atoms with Crippen molar-refractivity contribution in [1.29, 1.82) is 0 Å². The summed E-state index contributed by atoms with van der Waals surface area (Å²) < 4.78 is 18.9. The maximum atomic E-state index is 13.2. The first-order valence-electron chi connectivity index (χ1n) is 10.3. The molecule has 1 aliphatic rings. The number of hydrogen-bond acceptors (Lipinski definition) is 4. The Hall–Kier alpha value is -3.67. The maximum absolute atomic E-state index is 13.2. The molecular weight excluding hydrogens is 393 g/mol. The zero-order valence-electron chi connectivity index (χ0n) is 17.1. The van der Waals surface area contributed by atoms with Crippen molar-refractivity contribution < 1.29 is 13.9 Å². The lowest BCUT2D eigenvalue weighted by Gasteiger charge is -2.17.